The highest BCUT2D eigenvalue weighted by atomic mass is 32.2. The molecule has 1 aliphatic rings. The second-order valence-electron chi connectivity index (χ2n) is 4.35. The predicted molar refractivity (Wildman–Crippen MR) is 61.9 cm³/mol. The van der Waals surface area contributed by atoms with Crippen molar-refractivity contribution in [2.45, 2.75) is 32.9 Å². The third-order valence-corrected chi connectivity index (χ3v) is 4.98. The minimum absolute atomic E-state index is 0.0102. The fraction of sp³-hybridized carbons (Fsp3) is 0.700. The van der Waals surface area contributed by atoms with Gasteiger partial charge >= 0.3 is 0 Å². The third kappa shape index (κ3) is 1.87. The highest BCUT2D eigenvalue weighted by Gasteiger charge is 2.31. The van der Waals surface area contributed by atoms with Gasteiger partial charge in [-0.1, -0.05) is 0 Å². The summed E-state index contributed by atoms with van der Waals surface area (Å²) >= 11 is 0. The van der Waals surface area contributed by atoms with E-state index in [9.17, 15) is 8.42 Å². The van der Waals surface area contributed by atoms with Crippen LogP contribution in [-0.2, 0) is 16.4 Å². The van der Waals surface area contributed by atoms with Crippen molar-refractivity contribution in [1.82, 2.24) is 9.78 Å². The van der Waals surface area contributed by atoms with Gasteiger partial charge in [0.25, 0.3) is 0 Å². The highest BCUT2D eigenvalue weighted by molar-refractivity contribution is 7.91. The van der Waals surface area contributed by atoms with Crippen LogP contribution in [0, 0.1) is 13.8 Å². The van der Waals surface area contributed by atoms with Crippen LogP contribution < -0.4 is 5.73 Å². The van der Waals surface area contributed by atoms with Gasteiger partial charge < -0.3 is 5.73 Å². The summed E-state index contributed by atoms with van der Waals surface area (Å²) in [7, 11) is -2.86. The van der Waals surface area contributed by atoms with E-state index < -0.39 is 9.84 Å². The lowest BCUT2D eigenvalue weighted by Crippen LogP contribution is -2.14. The summed E-state index contributed by atoms with van der Waals surface area (Å²) < 4.78 is 24.7. The maximum absolute atomic E-state index is 11.4. The maximum Gasteiger partial charge on any atom is 0.152 e. The van der Waals surface area contributed by atoms with Gasteiger partial charge in [-0.05, 0) is 20.3 Å². The molecule has 0 aliphatic carbocycles. The topological polar surface area (TPSA) is 78.0 Å². The van der Waals surface area contributed by atoms with Crippen LogP contribution in [0.25, 0.3) is 0 Å². The van der Waals surface area contributed by atoms with Gasteiger partial charge in [0.1, 0.15) is 0 Å². The smallest absolute Gasteiger partial charge is 0.152 e. The van der Waals surface area contributed by atoms with Crippen LogP contribution in [0.1, 0.15) is 29.4 Å². The summed E-state index contributed by atoms with van der Waals surface area (Å²) in [5.41, 5.74) is 8.59. The quantitative estimate of drug-likeness (QED) is 0.811. The molecule has 2 rings (SSSR count). The van der Waals surface area contributed by atoms with Gasteiger partial charge in [0, 0.05) is 17.8 Å². The SMILES string of the molecule is Cc1nn([C@H]2CCS(=O)(=O)C2)c(C)c1CN. The summed E-state index contributed by atoms with van der Waals surface area (Å²) in [5, 5.41) is 4.40. The summed E-state index contributed by atoms with van der Waals surface area (Å²) in [4.78, 5) is 0. The Morgan fingerprint density at radius 3 is 2.62 bits per heavy atom. The first-order valence-electron chi connectivity index (χ1n) is 5.39. The summed E-state index contributed by atoms with van der Waals surface area (Å²) in [6, 6.07) is -0.0102. The van der Waals surface area contributed by atoms with Crippen LogP contribution in [0.4, 0.5) is 0 Å². The molecule has 1 saturated heterocycles. The minimum Gasteiger partial charge on any atom is -0.326 e. The van der Waals surface area contributed by atoms with Crippen LogP contribution in [0.15, 0.2) is 0 Å². The van der Waals surface area contributed by atoms with E-state index in [-0.39, 0.29) is 17.5 Å². The number of sulfone groups is 1. The third-order valence-electron chi connectivity index (χ3n) is 3.23. The van der Waals surface area contributed by atoms with Gasteiger partial charge in [0.05, 0.1) is 23.2 Å². The van der Waals surface area contributed by atoms with Crippen LogP contribution in [0.5, 0.6) is 0 Å². The van der Waals surface area contributed by atoms with Crippen molar-refractivity contribution < 1.29 is 8.42 Å². The zero-order valence-electron chi connectivity index (χ0n) is 9.60. The Morgan fingerprint density at radius 2 is 2.19 bits per heavy atom. The molecule has 2 N–H and O–H groups in total. The van der Waals surface area contributed by atoms with Crippen molar-refractivity contribution in [1.29, 1.82) is 0 Å². The molecule has 16 heavy (non-hydrogen) atoms. The Hall–Kier alpha value is -0.880. The Balaban J connectivity index is 2.36. The number of aromatic nitrogens is 2. The second kappa shape index (κ2) is 3.85. The Morgan fingerprint density at radius 1 is 1.50 bits per heavy atom. The number of nitrogens with two attached hydrogens (primary N) is 1. The zero-order valence-corrected chi connectivity index (χ0v) is 10.4. The Labute approximate surface area is 95.6 Å². The van der Waals surface area contributed by atoms with Crippen molar-refractivity contribution in [2.75, 3.05) is 11.5 Å². The summed E-state index contributed by atoms with van der Waals surface area (Å²) in [6.07, 6.45) is 0.661. The van der Waals surface area contributed by atoms with E-state index in [1.165, 1.54) is 0 Å². The van der Waals surface area contributed by atoms with Crippen molar-refractivity contribution in [3.63, 3.8) is 0 Å². The normalized spacial score (nSPS) is 23.8. The molecule has 0 spiro atoms. The van der Waals surface area contributed by atoms with E-state index in [0.29, 0.717) is 13.0 Å². The monoisotopic (exact) mass is 243 g/mol. The first-order chi connectivity index (χ1) is 7.44. The van der Waals surface area contributed by atoms with Crippen LogP contribution >= 0.6 is 0 Å². The first-order valence-corrected chi connectivity index (χ1v) is 7.22. The lowest BCUT2D eigenvalue weighted by Gasteiger charge is -2.11. The number of aryl methyl sites for hydroxylation is 1. The Kier molecular flexibility index (Phi) is 2.79. The molecule has 1 fully saturated rings. The van der Waals surface area contributed by atoms with Gasteiger partial charge in [0.2, 0.25) is 0 Å². The fourth-order valence-corrected chi connectivity index (χ4v) is 4.01. The van der Waals surface area contributed by atoms with Gasteiger partial charge in [-0.2, -0.15) is 5.10 Å². The molecular weight excluding hydrogens is 226 g/mol. The van der Waals surface area contributed by atoms with E-state index in [4.69, 9.17) is 5.73 Å². The lowest BCUT2D eigenvalue weighted by molar-refractivity contribution is 0.485. The van der Waals surface area contributed by atoms with Crippen LogP contribution in [0.2, 0.25) is 0 Å². The van der Waals surface area contributed by atoms with E-state index in [0.717, 1.165) is 17.0 Å². The van der Waals surface area contributed by atoms with Crippen LogP contribution in [-0.4, -0.2) is 29.7 Å². The molecule has 0 unspecified atom stereocenters. The average Bonchev–Trinajstić information content (AvgIpc) is 2.68. The largest absolute Gasteiger partial charge is 0.326 e. The van der Waals surface area contributed by atoms with Gasteiger partial charge in [-0.3, -0.25) is 4.68 Å². The molecule has 6 heteroatoms. The maximum atomic E-state index is 11.4. The van der Waals surface area contributed by atoms with Crippen molar-refractivity contribution in [3.8, 4) is 0 Å². The summed E-state index contributed by atoms with van der Waals surface area (Å²) in [6.45, 7) is 4.32. The molecule has 0 aromatic carbocycles. The van der Waals surface area contributed by atoms with Gasteiger partial charge in [0.15, 0.2) is 9.84 Å². The van der Waals surface area contributed by atoms with Gasteiger partial charge in [-0.25, -0.2) is 8.42 Å². The predicted octanol–water partition coefficient (Wildman–Crippen LogP) is 0.318. The number of hydrogen-bond acceptors (Lipinski definition) is 4. The van der Waals surface area contributed by atoms with E-state index >= 15 is 0 Å². The standard InChI is InChI=1S/C10H17N3O2S/c1-7-10(5-11)8(2)13(12-7)9-3-4-16(14,15)6-9/h9H,3-6,11H2,1-2H3/t9-/m0/s1. The van der Waals surface area contributed by atoms with E-state index in [1.807, 2.05) is 18.5 Å². The fourth-order valence-electron chi connectivity index (χ4n) is 2.32. The minimum atomic E-state index is -2.86. The molecule has 1 aromatic rings. The number of rotatable bonds is 2. The number of hydrogen-bond donors (Lipinski definition) is 1. The molecule has 5 nitrogen and oxygen atoms in total. The molecule has 90 valence electrons. The molecular formula is C10H17N3O2S. The van der Waals surface area contributed by atoms with E-state index in [1.54, 1.807) is 0 Å². The molecule has 0 bridgehead atoms. The van der Waals surface area contributed by atoms with Crippen LogP contribution in [0.3, 0.4) is 0 Å². The molecule has 2 heterocycles. The highest BCUT2D eigenvalue weighted by Crippen LogP contribution is 2.26. The summed E-state index contributed by atoms with van der Waals surface area (Å²) in [5.74, 6) is 0.479. The number of nitrogens with zero attached hydrogens (tertiary/aromatic N) is 2. The van der Waals surface area contributed by atoms with Gasteiger partial charge in [-0.15, -0.1) is 0 Å². The molecule has 1 atom stereocenters. The Bertz CT molecular complexity index is 504. The van der Waals surface area contributed by atoms with E-state index in [2.05, 4.69) is 5.10 Å². The molecule has 0 saturated carbocycles. The molecule has 1 aromatic heterocycles. The van der Waals surface area contributed by atoms with Crippen molar-refractivity contribution in [3.05, 3.63) is 17.0 Å². The lowest BCUT2D eigenvalue weighted by atomic mass is 10.2. The average molecular weight is 243 g/mol. The molecule has 0 radical (unpaired) electrons. The van der Waals surface area contributed by atoms with Crippen molar-refractivity contribution in [2.24, 2.45) is 5.73 Å². The zero-order chi connectivity index (χ0) is 11.9. The molecule has 0 amide bonds. The van der Waals surface area contributed by atoms with Crippen molar-refractivity contribution >= 4 is 9.84 Å². The molecule has 1 aliphatic heterocycles. The first kappa shape index (κ1) is 11.6. The second-order valence-corrected chi connectivity index (χ2v) is 6.58.